The fourth-order valence-electron chi connectivity index (χ4n) is 2.41. The number of nitrogens with one attached hydrogen (secondary N) is 1. The standard InChI is InChI=1S/C21H17ClN2O/c22-19-3-1-2-16(15-19)6-9-21(25)24-20-7-4-17(5-8-20)14-18-10-12-23-13-11-18/h1-13,15H,14H2,(H,24,25)/b9-6+. The van der Waals surface area contributed by atoms with Crippen LogP contribution in [-0.4, -0.2) is 10.9 Å². The van der Waals surface area contributed by atoms with Crippen molar-refractivity contribution in [2.24, 2.45) is 0 Å². The molecule has 124 valence electrons. The third-order valence-electron chi connectivity index (χ3n) is 3.65. The molecule has 0 spiro atoms. The zero-order chi connectivity index (χ0) is 17.5. The van der Waals surface area contributed by atoms with E-state index in [2.05, 4.69) is 10.3 Å². The van der Waals surface area contributed by atoms with Gasteiger partial charge in [-0.15, -0.1) is 0 Å². The lowest BCUT2D eigenvalue weighted by Gasteiger charge is -2.05. The first-order valence-electron chi connectivity index (χ1n) is 7.91. The Labute approximate surface area is 152 Å². The number of rotatable bonds is 5. The zero-order valence-corrected chi connectivity index (χ0v) is 14.3. The Bertz CT molecular complexity index is 874. The monoisotopic (exact) mass is 348 g/mol. The van der Waals surface area contributed by atoms with Crippen LogP contribution < -0.4 is 5.32 Å². The molecule has 1 N–H and O–H groups in total. The number of aromatic nitrogens is 1. The van der Waals surface area contributed by atoms with Gasteiger partial charge in [-0.05, 0) is 65.6 Å². The number of anilines is 1. The molecular formula is C21H17ClN2O. The number of hydrogen-bond acceptors (Lipinski definition) is 2. The van der Waals surface area contributed by atoms with Gasteiger partial charge in [0.05, 0.1) is 0 Å². The molecule has 0 radical (unpaired) electrons. The smallest absolute Gasteiger partial charge is 0.248 e. The van der Waals surface area contributed by atoms with Gasteiger partial charge in [0.15, 0.2) is 0 Å². The predicted molar refractivity (Wildman–Crippen MR) is 103 cm³/mol. The maximum Gasteiger partial charge on any atom is 0.248 e. The van der Waals surface area contributed by atoms with E-state index in [0.717, 1.165) is 17.7 Å². The topological polar surface area (TPSA) is 42.0 Å². The van der Waals surface area contributed by atoms with Crippen LogP contribution in [0.15, 0.2) is 79.1 Å². The summed E-state index contributed by atoms with van der Waals surface area (Å²) in [5.74, 6) is -0.179. The molecule has 0 saturated carbocycles. The molecule has 0 saturated heterocycles. The second kappa shape index (κ2) is 8.27. The van der Waals surface area contributed by atoms with Crippen molar-refractivity contribution in [3.8, 4) is 0 Å². The molecule has 25 heavy (non-hydrogen) atoms. The van der Waals surface area contributed by atoms with Crippen LogP contribution in [0, 0.1) is 0 Å². The first-order chi connectivity index (χ1) is 12.2. The minimum atomic E-state index is -0.179. The average Bonchev–Trinajstić information content (AvgIpc) is 2.63. The summed E-state index contributed by atoms with van der Waals surface area (Å²) in [6.45, 7) is 0. The summed E-state index contributed by atoms with van der Waals surface area (Å²) in [5.41, 5.74) is 4.03. The van der Waals surface area contributed by atoms with Gasteiger partial charge in [0, 0.05) is 29.2 Å². The number of halogens is 1. The van der Waals surface area contributed by atoms with Crippen molar-refractivity contribution in [3.05, 3.63) is 101 Å². The zero-order valence-electron chi connectivity index (χ0n) is 13.5. The Kier molecular flexibility index (Phi) is 5.60. The van der Waals surface area contributed by atoms with Crippen LogP contribution in [0.2, 0.25) is 5.02 Å². The van der Waals surface area contributed by atoms with Crippen LogP contribution in [0.25, 0.3) is 6.08 Å². The fourth-order valence-corrected chi connectivity index (χ4v) is 2.61. The fraction of sp³-hybridized carbons (Fsp3) is 0.0476. The van der Waals surface area contributed by atoms with Crippen molar-refractivity contribution in [1.29, 1.82) is 0 Å². The molecule has 3 aromatic rings. The minimum absolute atomic E-state index is 0.179. The highest BCUT2D eigenvalue weighted by Crippen LogP contribution is 2.14. The van der Waals surface area contributed by atoms with E-state index in [1.165, 1.54) is 17.2 Å². The van der Waals surface area contributed by atoms with Gasteiger partial charge >= 0.3 is 0 Å². The van der Waals surface area contributed by atoms with Crippen molar-refractivity contribution in [1.82, 2.24) is 4.98 Å². The van der Waals surface area contributed by atoms with Crippen LogP contribution in [-0.2, 0) is 11.2 Å². The van der Waals surface area contributed by atoms with E-state index >= 15 is 0 Å². The highest BCUT2D eigenvalue weighted by molar-refractivity contribution is 6.30. The van der Waals surface area contributed by atoms with Crippen molar-refractivity contribution < 1.29 is 4.79 Å². The third-order valence-corrected chi connectivity index (χ3v) is 3.89. The Hall–Kier alpha value is -2.91. The Morgan fingerprint density at radius 1 is 1.00 bits per heavy atom. The lowest BCUT2D eigenvalue weighted by Crippen LogP contribution is -2.07. The molecule has 2 aromatic carbocycles. The van der Waals surface area contributed by atoms with Crippen LogP contribution in [0.4, 0.5) is 5.69 Å². The normalized spacial score (nSPS) is 10.8. The molecule has 0 unspecified atom stereocenters. The summed E-state index contributed by atoms with van der Waals surface area (Å²) < 4.78 is 0. The highest BCUT2D eigenvalue weighted by Gasteiger charge is 2.00. The number of benzene rings is 2. The quantitative estimate of drug-likeness (QED) is 0.661. The van der Waals surface area contributed by atoms with Gasteiger partial charge in [-0.3, -0.25) is 9.78 Å². The lowest BCUT2D eigenvalue weighted by atomic mass is 10.1. The van der Waals surface area contributed by atoms with Gasteiger partial charge in [0.1, 0.15) is 0 Å². The van der Waals surface area contributed by atoms with Crippen LogP contribution in [0.1, 0.15) is 16.7 Å². The SMILES string of the molecule is O=C(/C=C/c1cccc(Cl)c1)Nc1ccc(Cc2ccncc2)cc1. The molecule has 0 fully saturated rings. The number of pyridine rings is 1. The van der Waals surface area contributed by atoms with Gasteiger partial charge in [-0.2, -0.15) is 0 Å². The van der Waals surface area contributed by atoms with E-state index in [0.29, 0.717) is 5.02 Å². The molecule has 1 aromatic heterocycles. The molecule has 4 heteroatoms. The molecule has 3 rings (SSSR count). The molecule has 0 bridgehead atoms. The third kappa shape index (κ3) is 5.30. The first-order valence-corrected chi connectivity index (χ1v) is 8.29. The van der Waals surface area contributed by atoms with E-state index in [1.54, 1.807) is 30.6 Å². The molecule has 3 nitrogen and oxygen atoms in total. The van der Waals surface area contributed by atoms with Crippen molar-refractivity contribution in [2.45, 2.75) is 6.42 Å². The molecule has 1 amide bonds. The predicted octanol–water partition coefficient (Wildman–Crippen LogP) is 4.98. The van der Waals surface area contributed by atoms with E-state index in [4.69, 9.17) is 11.6 Å². The largest absolute Gasteiger partial charge is 0.323 e. The average molecular weight is 349 g/mol. The van der Waals surface area contributed by atoms with Crippen LogP contribution in [0.3, 0.4) is 0 Å². The number of amides is 1. The van der Waals surface area contributed by atoms with Gasteiger partial charge in [-0.25, -0.2) is 0 Å². The highest BCUT2D eigenvalue weighted by atomic mass is 35.5. The molecule has 0 atom stereocenters. The van der Waals surface area contributed by atoms with Crippen molar-refractivity contribution in [3.63, 3.8) is 0 Å². The summed E-state index contributed by atoms with van der Waals surface area (Å²) in [6.07, 6.45) is 7.65. The van der Waals surface area contributed by atoms with Gasteiger partial charge < -0.3 is 5.32 Å². The van der Waals surface area contributed by atoms with Gasteiger partial charge in [-0.1, -0.05) is 35.9 Å². The van der Waals surface area contributed by atoms with Crippen LogP contribution in [0.5, 0.6) is 0 Å². The van der Waals surface area contributed by atoms with E-state index in [9.17, 15) is 4.79 Å². The minimum Gasteiger partial charge on any atom is -0.323 e. The summed E-state index contributed by atoms with van der Waals surface area (Å²) >= 11 is 5.92. The number of carbonyl (C=O) groups is 1. The second-order valence-corrected chi connectivity index (χ2v) is 6.04. The molecule has 1 heterocycles. The summed E-state index contributed by atoms with van der Waals surface area (Å²) in [6, 6.07) is 19.2. The van der Waals surface area contributed by atoms with E-state index < -0.39 is 0 Å². The Balaban J connectivity index is 1.58. The molecule has 0 aliphatic rings. The van der Waals surface area contributed by atoms with E-state index in [1.807, 2.05) is 48.5 Å². The Morgan fingerprint density at radius 2 is 1.72 bits per heavy atom. The maximum atomic E-state index is 12.0. The number of carbonyl (C=O) groups excluding carboxylic acids is 1. The van der Waals surface area contributed by atoms with E-state index in [-0.39, 0.29) is 5.91 Å². The second-order valence-electron chi connectivity index (χ2n) is 5.61. The molecule has 0 aliphatic heterocycles. The van der Waals surface area contributed by atoms with Crippen LogP contribution >= 0.6 is 11.6 Å². The lowest BCUT2D eigenvalue weighted by molar-refractivity contribution is -0.111. The number of nitrogens with zero attached hydrogens (tertiary/aromatic N) is 1. The maximum absolute atomic E-state index is 12.0. The van der Waals surface area contributed by atoms with Crippen molar-refractivity contribution in [2.75, 3.05) is 5.32 Å². The summed E-state index contributed by atoms with van der Waals surface area (Å²) in [7, 11) is 0. The number of hydrogen-bond donors (Lipinski definition) is 1. The molecule has 0 aliphatic carbocycles. The Morgan fingerprint density at radius 3 is 2.44 bits per heavy atom. The molecular weight excluding hydrogens is 332 g/mol. The van der Waals surface area contributed by atoms with Crippen molar-refractivity contribution >= 4 is 29.3 Å². The van der Waals surface area contributed by atoms with Gasteiger partial charge in [0.2, 0.25) is 5.91 Å². The van der Waals surface area contributed by atoms with Gasteiger partial charge in [0.25, 0.3) is 0 Å². The first kappa shape index (κ1) is 16.9. The summed E-state index contributed by atoms with van der Waals surface area (Å²) in [4.78, 5) is 16.0. The summed E-state index contributed by atoms with van der Waals surface area (Å²) in [5, 5.41) is 3.49.